The minimum absolute atomic E-state index is 0.0172. The van der Waals surface area contributed by atoms with Crippen molar-refractivity contribution < 1.29 is 9.59 Å². The molecule has 7 nitrogen and oxygen atoms in total. The van der Waals surface area contributed by atoms with Crippen molar-refractivity contribution in [3.8, 4) is 0 Å². The molecule has 0 unspecified atom stereocenters. The number of likely N-dealkylation sites (tertiary alicyclic amines) is 1. The molecule has 0 bridgehead atoms. The first-order chi connectivity index (χ1) is 14.5. The molecule has 5 rings (SSSR count). The molecule has 2 aromatic rings. The van der Waals surface area contributed by atoms with Crippen LogP contribution in [0.15, 0.2) is 22.3 Å². The maximum Gasteiger partial charge on any atom is 0.264 e. The van der Waals surface area contributed by atoms with E-state index in [9.17, 15) is 14.4 Å². The van der Waals surface area contributed by atoms with Gasteiger partial charge in [0.1, 0.15) is 5.82 Å². The van der Waals surface area contributed by atoms with E-state index < -0.39 is 0 Å². The van der Waals surface area contributed by atoms with Crippen LogP contribution in [0.5, 0.6) is 0 Å². The van der Waals surface area contributed by atoms with E-state index in [2.05, 4.69) is 11.9 Å². The van der Waals surface area contributed by atoms with Crippen molar-refractivity contribution in [2.75, 3.05) is 13.1 Å². The van der Waals surface area contributed by atoms with E-state index in [0.29, 0.717) is 47.4 Å². The highest BCUT2D eigenvalue weighted by Gasteiger charge is 2.44. The van der Waals surface area contributed by atoms with Crippen LogP contribution >= 0.6 is 11.3 Å². The monoisotopic (exact) mass is 426 g/mol. The molecule has 3 aliphatic rings. The molecule has 0 spiro atoms. The van der Waals surface area contributed by atoms with Crippen LogP contribution in [0.4, 0.5) is 0 Å². The minimum Gasteiger partial charge on any atom is -0.332 e. The Morgan fingerprint density at radius 2 is 2.10 bits per heavy atom. The summed E-state index contributed by atoms with van der Waals surface area (Å²) in [6.45, 7) is 3.68. The van der Waals surface area contributed by atoms with E-state index in [1.807, 2.05) is 22.4 Å². The Labute approximate surface area is 179 Å². The summed E-state index contributed by atoms with van der Waals surface area (Å²) in [6, 6.07) is 3.51. The molecule has 2 fully saturated rings. The standard InChI is InChI=1S/C22H26N4O3S/c1-13-11-15(13)21(28)26-8-3-2-5-17(26)19-23-16-12-25(9-7-14(16)20(27)24-19)22(29)18-6-4-10-30-18/h4,6,10,13,15,17H,2-3,5,7-9,11-12H2,1H3,(H,23,24,27)/t13-,15-,17+/m0/s1. The summed E-state index contributed by atoms with van der Waals surface area (Å²) >= 11 is 1.42. The Hall–Kier alpha value is -2.48. The summed E-state index contributed by atoms with van der Waals surface area (Å²) in [7, 11) is 0. The molecule has 158 valence electrons. The Morgan fingerprint density at radius 1 is 1.27 bits per heavy atom. The second kappa shape index (κ2) is 7.65. The van der Waals surface area contributed by atoms with Gasteiger partial charge in [-0.15, -0.1) is 11.3 Å². The summed E-state index contributed by atoms with van der Waals surface area (Å²) in [5.74, 6) is 1.32. The number of nitrogens with one attached hydrogen (secondary N) is 1. The zero-order chi connectivity index (χ0) is 20.8. The predicted octanol–water partition coefficient (Wildman–Crippen LogP) is 2.74. The van der Waals surface area contributed by atoms with Crippen LogP contribution in [0.1, 0.15) is 65.4 Å². The molecule has 1 saturated carbocycles. The largest absolute Gasteiger partial charge is 0.332 e. The number of hydrogen-bond acceptors (Lipinski definition) is 5. The molecular weight excluding hydrogens is 400 g/mol. The van der Waals surface area contributed by atoms with Gasteiger partial charge in [0.25, 0.3) is 11.5 Å². The number of fused-ring (bicyclic) bond motifs is 1. The van der Waals surface area contributed by atoms with E-state index in [-0.39, 0.29) is 29.3 Å². The average Bonchev–Trinajstić information content (AvgIpc) is 3.25. The number of carbonyl (C=O) groups excluding carboxylic acids is 2. The van der Waals surface area contributed by atoms with Crippen LogP contribution in [0.2, 0.25) is 0 Å². The second-order valence-electron chi connectivity index (χ2n) is 8.69. The fourth-order valence-corrected chi connectivity index (χ4v) is 5.40. The number of rotatable bonds is 3. The minimum atomic E-state index is -0.180. The Kier molecular flexibility index (Phi) is 4.97. The number of H-pyrrole nitrogens is 1. The van der Waals surface area contributed by atoms with Crippen LogP contribution in [0, 0.1) is 11.8 Å². The van der Waals surface area contributed by atoms with Crippen LogP contribution in [0.25, 0.3) is 0 Å². The lowest BCUT2D eigenvalue weighted by Crippen LogP contribution is -2.43. The van der Waals surface area contributed by atoms with Gasteiger partial charge in [0.15, 0.2) is 0 Å². The average molecular weight is 427 g/mol. The van der Waals surface area contributed by atoms with Gasteiger partial charge in [0, 0.05) is 24.6 Å². The van der Waals surface area contributed by atoms with Gasteiger partial charge in [-0.3, -0.25) is 14.4 Å². The highest BCUT2D eigenvalue weighted by atomic mass is 32.1. The van der Waals surface area contributed by atoms with E-state index >= 15 is 0 Å². The van der Waals surface area contributed by atoms with Gasteiger partial charge in [-0.2, -0.15) is 0 Å². The predicted molar refractivity (Wildman–Crippen MR) is 113 cm³/mol. The lowest BCUT2D eigenvalue weighted by molar-refractivity contribution is -0.137. The number of piperidine rings is 1. The molecule has 2 amide bonds. The topological polar surface area (TPSA) is 86.4 Å². The molecule has 4 heterocycles. The lowest BCUT2D eigenvalue weighted by atomic mass is 9.99. The number of aromatic nitrogens is 2. The fraction of sp³-hybridized carbons (Fsp3) is 0.545. The highest BCUT2D eigenvalue weighted by Crippen LogP contribution is 2.42. The third-order valence-electron chi connectivity index (χ3n) is 6.64. The first-order valence-electron chi connectivity index (χ1n) is 10.8. The van der Waals surface area contributed by atoms with Crippen LogP contribution < -0.4 is 5.56 Å². The molecule has 1 aliphatic carbocycles. The SMILES string of the molecule is C[C@H]1C[C@@H]1C(=O)N1CCCC[C@@H]1c1nc2c(c(=O)[nH]1)CCN(C(=O)c1cccs1)C2. The fourth-order valence-electron chi connectivity index (χ4n) is 4.70. The molecular formula is C22H26N4O3S. The van der Waals surface area contributed by atoms with Gasteiger partial charge in [0.05, 0.1) is 23.2 Å². The van der Waals surface area contributed by atoms with Crippen molar-refractivity contribution in [3.05, 3.63) is 49.8 Å². The Balaban J connectivity index is 1.42. The molecule has 0 radical (unpaired) electrons. The van der Waals surface area contributed by atoms with Crippen molar-refractivity contribution in [2.24, 2.45) is 11.8 Å². The molecule has 2 aliphatic heterocycles. The van der Waals surface area contributed by atoms with Crippen molar-refractivity contribution in [2.45, 2.75) is 51.6 Å². The van der Waals surface area contributed by atoms with Gasteiger partial charge in [-0.05, 0) is 49.5 Å². The first kappa shape index (κ1) is 19.5. The molecule has 8 heteroatoms. The zero-order valence-electron chi connectivity index (χ0n) is 17.1. The summed E-state index contributed by atoms with van der Waals surface area (Å²) in [6.07, 6.45) is 4.27. The molecule has 30 heavy (non-hydrogen) atoms. The number of nitrogens with zero attached hydrogens (tertiary/aromatic N) is 3. The van der Waals surface area contributed by atoms with E-state index in [1.54, 1.807) is 4.90 Å². The number of amides is 2. The van der Waals surface area contributed by atoms with Gasteiger partial charge in [-0.1, -0.05) is 13.0 Å². The number of hydrogen-bond donors (Lipinski definition) is 1. The first-order valence-corrected chi connectivity index (χ1v) is 11.7. The quantitative estimate of drug-likeness (QED) is 0.818. The third-order valence-corrected chi connectivity index (χ3v) is 7.50. The van der Waals surface area contributed by atoms with Crippen molar-refractivity contribution in [1.82, 2.24) is 19.8 Å². The molecule has 0 aromatic carbocycles. The Morgan fingerprint density at radius 3 is 2.83 bits per heavy atom. The van der Waals surface area contributed by atoms with E-state index in [1.165, 1.54) is 11.3 Å². The molecule has 1 saturated heterocycles. The third kappa shape index (κ3) is 3.47. The zero-order valence-corrected chi connectivity index (χ0v) is 17.9. The summed E-state index contributed by atoms with van der Waals surface area (Å²) in [5.41, 5.74) is 1.21. The van der Waals surface area contributed by atoms with E-state index in [0.717, 1.165) is 32.2 Å². The Bertz CT molecular complexity index is 1030. The summed E-state index contributed by atoms with van der Waals surface area (Å²) in [5, 5.41) is 1.89. The summed E-state index contributed by atoms with van der Waals surface area (Å²) in [4.78, 5) is 50.7. The molecule has 3 atom stereocenters. The smallest absolute Gasteiger partial charge is 0.264 e. The van der Waals surface area contributed by atoms with Gasteiger partial charge >= 0.3 is 0 Å². The lowest BCUT2D eigenvalue weighted by Gasteiger charge is -2.36. The van der Waals surface area contributed by atoms with Gasteiger partial charge in [0.2, 0.25) is 5.91 Å². The van der Waals surface area contributed by atoms with Gasteiger partial charge < -0.3 is 14.8 Å². The van der Waals surface area contributed by atoms with Crippen LogP contribution in [-0.2, 0) is 17.8 Å². The van der Waals surface area contributed by atoms with E-state index in [4.69, 9.17) is 4.98 Å². The number of carbonyl (C=O) groups is 2. The van der Waals surface area contributed by atoms with Crippen LogP contribution in [0.3, 0.4) is 0 Å². The van der Waals surface area contributed by atoms with Crippen molar-refractivity contribution in [3.63, 3.8) is 0 Å². The maximum atomic E-state index is 13.0. The normalized spacial score (nSPS) is 25.7. The van der Waals surface area contributed by atoms with Crippen molar-refractivity contribution >= 4 is 23.2 Å². The maximum absolute atomic E-state index is 13.0. The van der Waals surface area contributed by atoms with Gasteiger partial charge in [-0.25, -0.2) is 4.98 Å². The van der Waals surface area contributed by atoms with Crippen LogP contribution in [-0.4, -0.2) is 44.7 Å². The second-order valence-corrected chi connectivity index (χ2v) is 9.64. The summed E-state index contributed by atoms with van der Waals surface area (Å²) < 4.78 is 0. The molecule has 1 N–H and O–H groups in total. The highest BCUT2D eigenvalue weighted by molar-refractivity contribution is 7.12. The molecule has 2 aromatic heterocycles. The number of aromatic amines is 1. The number of thiophene rings is 1. The van der Waals surface area contributed by atoms with Crippen molar-refractivity contribution in [1.29, 1.82) is 0 Å².